The topological polar surface area (TPSA) is 90.3 Å². The summed E-state index contributed by atoms with van der Waals surface area (Å²) in [7, 11) is 0. The number of aromatic carboxylic acids is 1. The van der Waals surface area contributed by atoms with Gasteiger partial charge in [0.15, 0.2) is 0 Å². The first kappa shape index (κ1) is 19.5. The van der Waals surface area contributed by atoms with Crippen molar-refractivity contribution in [2.75, 3.05) is 31.1 Å². The van der Waals surface area contributed by atoms with Crippen LogP contribution in [0.2, 0.25) is 0 Å². The average Bonchev–Trinajstić information content (AvgIpc) is 2.57. The fourth-order valence-electron chi connectivity index (χ4n) is 3.89. The number of carbonyl (C=O) groups is 2. The summed E-state index contributed by atoms with van der Waals surface area (Å²) in [6, 6.07) is 5.12. The first-order chi connectivity index (χ1) is 12.6. The Morgan fingerprint density at radius 2 is 1.81 bits per heavy atom. The Kier molecular flexibility index (Phi) is 5.08. The average molecular weight is 376 g/mol. The van der Waals surface area contributed by atoms with Crippen molar-refractivity contribution in [2.45, 2.75) is 45.8 Å². The summed E-state index contributed by atoms with van der Waals surface area (Å²) in [5, 5.41) is 18.6. The molecule has 2 fully saturated rings. The molecule has 2 aliphatic rings. The number of carboxylic acid groups (broad SMARTS) is 1. The molecular formula is C20H28N2O5. The van der Waals surface area contributed by atoms with Crippen LogP contribution in [0.4, 0.5) is 10.5 Å². The summed E-state index contributed by atoms with van der Waals surface area (Å²) in [5.41, 5.74) is 1.19. The molecule has 148 valence electrons. The smallest absolute Gasteiger partial charge is 0.410 e. The van der Waals surface area contributed by atoms with Gasteiger partial charge in [-0.15, -0.1) is 0 Å². The van der Waals surface area contributed by atoms with E-state index in [4.69, 9.17) is 4.74 Å². The van der Waals surface area contributed by atoms with E-state index in [9.17, 15) is 19.8 Å². The number of nitrogens with zero attached hydrogens (tertiary/aromatic N) is 2. The van der Waals surface area contributed by atoms with Crippen molar-refractivity contribution in [2.24, 2.45) is 5.41 Å². The van der Waals surface area contributed by atoms with Gasteiger partial charge in [-0.1, -0.05) is 0 Å². The molecule has 0 radical (unpaired) electrons. The standard InChI is InChI=1S/C20H28N2O5/c1-19(2,3)27-18(26)22-12-20(13-22)6-8-21(9-7-20)15-4-5-16(17(24)25)14(10-15)11-23/h4-5,10,23H,6-9,11-13H2,1-3H3,(H,24,25). The molecule has 27 heavy (non-hydrogen) atoms. The molecule has 2 N–H and O–H groups in total. The Morgan fingerprint density at radius 3 is 2.33 bits per heavy atom. The van der Waals surface area contributed by atoms with Crippen molar-refractivity contribution in [3.05, 3.63) is 29.3 Å². The molecule has 1 aromatic rings. The highest BCUT2D eigenvalue weighted by Crippen LogP contribution is 2.42. The molecule has 0 atom stereocenters. The Hall–Kier alpha value is -2.28. The number of likely N-dealkylation sites (tertiary alicyclic amines) is 1. The zero-order valence-electron chi connectivity index (χ0n) is 16.2. The molecular weight excluding hydrogens is 348 g/mol. The molecule has 7 nitrogen and oxygen atoms in total. The molecule has 0 aromatic heterocycles. The normalized spacial score (nSPS) is 19.0. The second-order valence-electron chi connectivity index (χ2n) is 8.63. The van der Waals surface area contributed by atoms with Gasteiger partial charge >= 0.3 is 12.1 Å². The number of aliphatic hydroxyl groups is 1. The van der Waals surface area contributed by atoms with Gasteiger partial charge in [0.25, 0.3) is 0 Å². The van der Waals surface area contributed by atoms with E-state index in [1.807, 2.05) is 20.8 Å². The molecule has 2 aliphatic heterocycles. The monoisotopic (exact) mass is 376 g/mol. The third-order valence-corrected chi connectivity index (χ3v) is 5.38. The van der Waals surface area contributed by atoms with Gasteiger partial charge < -0.3 is 24.7 Å². The second-order valence-corrected chi connectivity index (χ2v) is 8.63. The summed E-state index contributed by atoms with van der Waals surface area (Å²) >= 11 is 0. The van der Waals surface area contributed by atoms with E-state index >= 15 is 0 Å². The van der Waals surface area contributed by atoms with Crippen molar-refractivity contribution in [3.8, 4) is 0 Å². The molecule has 1 spiro atoms. The zero-order valence-corrected chi connectivity index (χ0v) is 16.2. The van der Waals surface area contributed by atoms with Gasteiger partial charge in [-0.05, 0) is 57.4 Å². The molecule has 3 rings (SSSR count). The minimum atomic E-state index is -1.03. The predicted molar refractivity (Wildman–Crippen MR) is 101 cm³/mol. The molecule has 0 unspecified atom stereocenters. The van der Waals surface area contributed by atoms with E-state index in [-0.39, 0.29) is 23.7 Å². The maximum Gasteiger partial charge on any atom is 0.410 e. The lowest BCUT2D eigenvalue weighted by molar-refractivity contribution is -0.0434. The third kappa shape index (κ3) is 4.18. The maximum atomic E-state index is 12.1. The number of piperidine rings is 1. The second kappa shape index (κ2) is 7.03. The lowest BCUT2D eigenvalue weighted by Crippen LogP contribution is -2.62. The lowest BCUT2D eigenvalue weighted by Gasteiger charge is -2.54. The highest BCUT2D eigenvalue weighted by Gasteiger charge is 2.47. The van der Waals surface area contributed by atoms with Gasteiger partial charge in [0.1, 0.15) is 5.60 Å². The molecule has 0 aliphatic carbocycles. The summed E-state index contributed by atoms with van der Waals surface area (Å²) in [6.07, 6.45) is 1.70. The van der Waals surface area contributed by atoms with Crippen LogP contribution in [0.25, 0.3) is 0 Å². The largest absolute Gasteiger partial charge is 0.478 e. The molecule has 0 bridgehead atoms. The number of hydrogen-bond acceptors (Lipinski definition) is 5. The predicted octanol–water partition coefficient (Wildman–Crippen LogP) is 2.71. The van der Waals surface area contributed by atoms with Crippen molar-refractivity contribution in [1.29, 1.82) is 0 Å². The minimum Gasteiger partial charge on any atom is -0.478 e. The summed E-state index contributed by atoms with van der Waals surface area (Å²) in [5.74, 6) is -1.03. The first-order valence-electron chi connectivity index (χ1n) is 9.32. The quantitative estimate of drug-likeness (QED) is 0.843. The minimum absolute atomic E-state index is 0.140. The van der Waals surface area contributed by atoms with Gasteiger partial charge in [-0.3, -0.25) is 0 Å². The molecule has 2 heterocycles. The molecule has 2 saturated heterocycles. The van der Waals surface area contributed by atoms with Gasteiger partial charge in [-0.2, -0.15) is 0 Å². The number of amides is 1. The van der Waals surface area contributed by atoms with Crippen LogP contribution < -0.4 is 4.90 Å². The van der Waals surface area contributed by atoms with Crippen LogP contribution in [0.3, 0.4) is 0 Å². The van der Waals surface area contributed by atoms with Crippen molar-refractivity contribution < 1.29 is 24.5 Å². The van der Waals surface area contributed by atoms with E-state index in [0.717, 1.165) is 44.7 Å². The summed E-state index contributed by atoms with van der Waals surface area (Å²) < 4.78 is 5.43. The molecule has 1 amide bonds. The fourth-order valence-corrected chi connectivity index (χ4v) is 3.89. The van der Waals surface area contributed by atoms with Crippen LogP contribution >= 0.6 is 0 Å². The zero-order chi connectivity index (χ0) is 19.8. The number of aliphatic hydroxyl groups excluding tert-OH is 1. The summed E-state index contributed by atoms with van der Waals surface area (Å²) in [6.45, 7) is 8.47. The summed E-state index contributed by atoms with van der Waals surface area (Å²) in [4.78, 5) is 27.3. The van der Waals surface area contributed by atoms with Gasteiger partial charge in [0.05, 0.1) is 12.2 Å². The van der Waals surface area contributed by atoms with Crippen LogP contribution in [-0.4, -0.2) is 59.0 Å². The molecule has 0 saturated carbocycles. The van der Waals surface area contributed by atoms with Crippen molar-refractivity contribution in [1.82, 2.24) is 4.90 Å². The van der Waals surface area contributed by atoms with E-state index in [2.05, 4.69) is 4.90 Å². The van der Waals surface area contributed by atoms with Crippen LogP contribution in [0, 0.1) is 5.41 Å². The van der Waals surface area contributed by atoms with Crippen LogP contribution in [0.15, 0.2) is 18.2 Å². The lowest BCUT2D eigenvalue weighted by atomic mass is 9.72. The van der Waals surface area contributed by atoms with Crippen molar-refractivity contribution in [3.63, 3.8) is 0 Å². The van der Waals surface area contributed by atoms with Crippen molar-refractivity contribution >= 4 is 17.7 Å². The van der Waals surface area contributed by atoms with E-state index in [0.29, 0.717) is 5.56 Å². The Labute approximate surface area is 159 Å². The first-order valence-corrected chi connectivity index (χ1v) is 9.32. The highest BCUT2D eigenvalue weighted by atomic mass is 16.6. The fraction of sp³-hybridized carbons (Fsp3) is 0.600. The molecule has 7 heteroatoms. The Bertz CT molecular complexity index is 724. The number of carbonyl (C=O) groups excluding carboxylic acids is 1. The Balaban J connectivity index is 1.57. The molecule has 1 aromatic carbocycles. The van der Waals surface area contributed by atoms with E-state index in [1.54, 1.807) is 23.1 Å². The highest BCUT2D eigenvalue weighted by molar-refractivity contribution is 5.90. The van der Waals surface area contributed by atoms with Gasteiger partial charge in [0.2, 0.25) is 0 Å². The van der Waals surface area contributed by atoms with Crippen LogP contribution in [0.1, 0.15) is 49.5 Å². The van der Waals surface area contributed by atoms with Gasteiger partial charge in [-0.25, -0.2) is 9.59 Å². The number of hydrogen-bond donors (Lipinski definition) is 2. The maximum absolute atomic E-state index is 12.1. The number of rotatable bonds is 3. The van der Waals surface area contributed by atoms with Gasteiger partial charge in [0, 0.05) is 37.3 Å². The Morgan fingerprint density at radius 1 is 1.19 bits per heavy atom. The third-order valence-electron chi connectivity index (χ3n) is 5.38. The van der Waals surface area contributed by atoms with Crippen LogP contribution in [0.5, 0.6) is 0 Å². The van der Waals surface area contributed by atoms with Crippen LogP contribution in [-0.2, 0) is 11.3 Å². The number of benzene rings is 1. The number of carboxylic acids is 1. The van der Waals surface area contributed by atoms with E-state index in [1.165, 1.54) is 0 Å². The SMILES string of the molecule is CC(C)(C)OC(=O)N1CC2(CCN(c3ccc(C(=O)O)c(CO)c3)CC2)C1. The number of ether oxygens (including phenoxy) is 1. The van der Waals surface area contributed by atoms with E-state index < -0.39 is 11.6 Å². The number of anilines is 1.